The van der Waals surface area contributed by atoms with Gasteiger partial charge in [0, 0.05) is 16.6 Å². The summed E-state index contributed by atoms with van der Waals surface area (Å²) >= 11 is 2.98. The Morgan fingerprint density at radius 3 is 2.58 bits per heavy atom. The van der Waals surface area contributed by atoms with Crippen molar-refractivity contribution in [2.75, 3.05) is 5.32 Å². The summed E-state index contributed by atoms with van der Waals surface area (Å²) in [5, 5.41) is 7.70. The van der Waals surface area contributed by atoms with Gasteiger partial charge in [-0.05, 0) is 36.1 Å². The Morgan fingerprint density at radius 1 is 1.21 bits per heavy atom. The molecule has 3 rings (SSSR count). The van der Waals surface area contributed by atoms with Crippen molar-refractivity contribution in [1.82, 2.24) is 4.98 Å². The largest absolute Gasteiger partial charge is 0.369 e. The number of thiazole rings is 1. The van der Waals surface area contributed by atoms with Crippen molar-refractivity contribution in [2.45, 2.75) is 13.3 Å². The summed E-state index contributed by atoms with van der Waals surface area (Å²) in [6.07, 6.45) is 0.187. The average Bonchev–Trinajstić information content (AvgIpc) is 3.18. The average molecular weight is 357 g/mol. The van der Waals surface area contributed by atoms with Crippen molar-refractivity contribution in [1.29, 1.82) is 0 Å². The molecule has 0 fully saturated rings. The van der Waals surface area contributed by atoms with Crippen LogP contribution in [0, 0.1) is 6.92 Å². The SMILES string of the molecule is Cc1nc(-c2ccsc2)sc1C(=O)Nc1ccc(CC(N)=O)cc1. The third kappa shape index (κ3) is 3.69. The van der Waals surface area contributed by atoms with Gasteiger partial charge in [0.15, 0.2) is 0 Å². The van der Waals surface area contributed by atoms with E-state index in [0.29, 0.717) is 16.3 Å². The van der Waals surface area contributed by atoms with Crippen LogP contribution in [0.25, 0.3) is 10.6 Å². The second kappa shape index (κ2) is 6.94. The highest BCUT2D eigenvalue weighted by molar-refractivity contribution is 7.17. The lowest BCUT2D eigenvalue weighted by Gasteiger charge is -2.05. The second-order valence-corrected chi connectivity index (χ2v) is 7.02. The van der Waals surface area contributed by atoms with Crippen LogP contribution in [0.1, 0.15) is 20.9 Å². The molecule has 0 aliphatic carbocycles. The smallest absolute Gasteiger partial charge is 0.267 e. The highest BCUT2D eigenvalue weighted by atomic mass is 32.1. The third-order valence-electron chi connectivity index (χ3n) is 3.36. The molecule has 7 heteroatoms. The minimum atomic E-state index is -0.381. The van der Waals surface area contributed by atoms with Gasteiger partial charge in [-0.25, -0.2) is 4.98 Å². The van der Waals surface area contributed by atoms with E-state index in [-0.39, 0.29) is 18.2 Å². The number of aryl methyl sites for hydroxylation is 1. The first kappa shape index (κ1) is 16.4. The van der Waals surface area contributed by atoms with E-state index in [1.807, 2.05) is 23.8 Å². The predicted molar refractivity (Wildman–Crippen MR) is 97.5 cm³/mol. The predicted octanol–water partition coefficient (Wildman–Crippen LogP) is 3.46. The van der Waals surface area contributed by atoms with E-state index in [1.54, 1.807) is 35.6 Å². The zero-order chi connectivity index (χ0) is 17.1. The number of hydrogen-bond acceptors (Lipinski definition) is 5. The first-order chi connectivity index (χ1) is 11.5. The van der Waals surface area contributed by atoms with Gasteiger partial charge in [-0.2, -0.15) is 11.3 Å². The quantitative estimate of drug-likeness (QED) is 0.733. The minimum absolute atomic E-state index is 0.186. The molecule has 2 amide bonds. The summed E-state index contributed by atoms with van der Waals surface area (Å²) < 4.78 is 0. The van der Waals surface area contributed by atoms with Crippen molar-refractivity contribution in [3.8, 4) is 10.6 Å². The van der Waals surface area contributed by atoms with Crippen molar-refractivity contribution in [2.24, 2.45) is 5.73 Å². The van der Waals surface area contributed by atoms with Crippen LogP contribution in [0.4, 0.5) is 5.69 Å². The Bertz CT molecular complexity index is 868. The standard InChI is InChI=1S/C17H15N3O2S2/c1-10-15(24-17(19-10)12-6-7-23-9-12)16(22)20-13-4-2-11(3-5-13)8-14(18)21/h2-7,9H,8H2,1H3,(H2,18,21)(H,20,22). The molecule has 1 aromatic carbocycles. The molecule has 3 N–H and O–H groups in total. The lowest BCUT2D eigenvalue weighted by Crippen LogP contribution is -2.14. The zero-order valence-electron chi connectivity index (χ0n) is 12.9. The summed E-state index contributed by atoms with van der Waals surface area (Å²) in [6.45, 7) is 1.83. The first-order valence-corrected chi connectivity index (χ1v) is 8.97. The van der Waals surface area contributed by atoms with Gasteiger partial charge in [0.1, 0.15) is 9.88 Å². The van der Waals surface area contributed by atoms with Gasteiger partial charge >= 0.3 is 0 Å². The topological polar surface area (TPSA) is 85.1 Å². The maximum absolute atomic E-state index is 12.5. The summed E-state index contributed by atoms with van der Waals surface area (Å²) in [4.78, 5) is 28.4. The summed E-state index contributed by atoms with van der Waals surface area (Å²) in [7, 11) is 0. The number of anilines is 1. The van der Waals surface area contributed by atoms with E-state index in [0.717, 1.165) is 16.1 Å². The zero-order valence-corrected chi connectivity index (χ0v) is 14.5. The Kier molecular flexibility index (Phi) is 4.73. The van der Waals surface area contributed by atoms with Crippen LogP contribution >= 0.6 is 22.7 Å². The second-order valence-electron chi connectivity index (χ2n) is 5.24. The Hall–Kier alpha value is -2.51. The summed E-state index contributed by atoms with van der Waals surface area (Å²) in [5.41, 5.74) is 8.39. The molecular formula is C17H15N3O2S2. The molecule has 24 heavy (non-hydrogen) atoms. The molecule has 122 valence electrons. The van der Waals surface area contributed by atoms with Gasteiger partial charge in [-0.15, -0.1) is 11.3 Å². The van der Waals surface area contributed by atoms with Crippen LogP contribution in [-0.4, -0.2) is 16.8 Å². The number of nitrogens with one attached hydrogen (secondary N) is 1. The molecule has 0 radical (unpaired) electrons. The number of thiophene rings is 1. The normalized spacial score (nSPS) is 10.5. The van der Waals surface area contributed by atoms with E-state index >= 15 is 0 Å². The van der Waals surface area contributed by atoms with Gasteiger partial charge < -0.3 is 11.1 Å². The molecule has 2 aromatic heterocycles. The maximum atomic E-state index is 12.5. The lowest BCUT2D eigenvalue weighted by molar-refractivity contribution is -0.117. The fourth-order valence-corrected chi connectivity index (χ4v) is 3.88. The van der Waals surface area contributed by atoms with Gasteiger partial charge in [0.2, 0.25) is 5.91 Å². The number of benzene rings is 1. The van der Waals surface area contributed by atoms with Crippen LogP contribution in [0.15, 0.2) is 41.1 Å². The van der Waals surface area contributed by atoms with Gasteiger partial charge in [0.25, 0.3) is 5.91 Å². The molecule has 3 aromatic rings. The highest BCUT2D eigenvalue weighted by Crippen LogP contribution is 2.29. The number of carbonyl (C=O) groups excluding carboxylic acids is 2. The number of primary amides is 1. The van der Waals surface area contributed by atoms with E-state index in [4.69, 9.17) is 5.73 Å². The van der Waals surface area contributed by atoms with Crippen molar-refractivity contribution in [3.05, 3.63) is 57.2 Å². The fourth-order valence-electron chi connectivity index (χ4n) is 2.21. The van der Waals surface area contributed by atoms with E-state index in [9.17, 15) is 9.59 Å². The van der Waals surface area contributed by atoms with Crippen LogP contribution in [-0.2, 0) is 11.2 Å². The molecule has 0 saturated carbocycles. The summed E-state index contributed by atoms with van der Waals surface area (Å²) in [6, 6.07) is 9.05. The molecule has 0 spiro atoms. The minimum Gasteiger partial charge on any atom is -0.369 e. The molecule has 5 nitrogen and oxygen atoms in total. The first-order valence-electron chi connectivity index (χ1n) is 7.21. The molecule has 0 saturated heterocycles. The number of amides is 2. The monoisotopic (exact) mass is 357 g/mol. The third-order valence-corrected chi connectivity index (χ3v) is 5.25. The Balaban J connectivity index is 1.74. The van der Waals surface area contributed by atoms with Crippen LogP contribution < -0.4 is 11.1 Å². The maximum Gasteiger partial charge on any atom is 0.267 e. The highest BCUT2D eigenvalue weighted by Gasteiger charge is 2.16. The molecule has 0 unspecified atom stereocenters. The summed E-state index contributed by atoms with van der Waals surface area (Å²) in [5.74, 6) is -0.567. The van der Waals surface area contributed by atoms with E-state index in [2.05, 4.69) is 10.3 Å². The van der Waals surface area contributed by atoms with Crippen LogP contribution in [0.5, 0.6) is 0 Å². The van der Waals surface area contributed by atoms with Crippen molar-refractivity contribution >= 4 is 40.2 Å². The lowest BCUT2D eigenvalue weighted by atomic mass is 10.1. The van der Waals surface area contributed by atoms with Crippen LogP contribution in [0.2, 0.25) is 0 Å². The number of rotatable bonds is 5. The fraction of sp³-hybridized carbons (Fsp3) is 0.118. The Labute approximate surface area is 147 Å². The Morgan fingerprint density at radius 2 is 1.96 bits per heavy atom. The van der Waals surface area contributed by atoms with Gasteiger partial charge in [-0.1, -0.05) is 12.1 Å². The molecule has 0 bridgehead atoms. The van der Waals surface area contributed by atoms with E-state index in [1.165, 1.54) is 11.3 Å². The molecule has 0 atom stereocenters. The number of aromatic nitrogens is 1. The van der Waals surface area contributed by atoms with Gasteiger partial charge in [-0.3, -0.25) is 9.59 Å². The number of hydrogen-bond donors (Lipinski definition) is 2. The van der Waals surface area contributed by atoms with Crippen molar-refractivity contribution in [3.63, 3.8) is 0 Å². The number of nitrogens with two attached hydrogens (primary N) is 1. The molecule has 0 aliphatic rings. The van der Waals surface area contributed by atoms with Crippen molar-refractivity contribution < 1.29 is 9.59 Å². The van der Waals surface area contributed by atoms with E-state index < -0.39 is 0 Å². The number of carbonyl (C=O) groups is 2. The molecule has 2 heterocycles. The van der Waals surface area contributed by atoms with Crippen LogP contribution in [0.3, 0.4) is 0 Å². The van der Waals surface area contributed by atoms with Gasteiger partial charge in [0.05, 0.1) is 12.1 Å². The molecular weight excluding hydrogens is 342 g/mol. The number of nitrogens with zero attached hydrogens (tertiary/aromatic N) is 1. The molecule has 0 aliphatic heterocycles.